The molecule has 0 bridgehead atoms. The van der Waals surface area contributed by atoms with Crippen LogP contribution >= 0.6 is 0 Å². The molecule has 0 radical (unpaired) electrons. The third-order valence-electron chi connectivity index (χ3n) is 10.6. The number of pyridine rings is 1. The number of likely N-dealkylation sites (tertiary alicyclic amines) is 1. The van der Waals surface area contributed by atoms with E-state index in [-0.39, 0.29) is 42.6 Å². The van der Waals surface area contributed by atoms with Gasteiger partial charge in [-0.25, -0.2) is 9.78 Å². The Hall–Kier alpha value is -4.43. The number of methoxy groups -OCH3 is 1. The van der Waals surface area contributed by atoms with Gasteiger partial charge in [-0.2, -0.15) is 10.4 Å². The highest BCUT2D eigenvalue weighted by Gasteiger charge is 2.36. The molecule has 11 heteroatoms. The molecule has 2 aliphatic carbocycles. The van der Waals surface area contributed by atoms with E-state index in [4.69, 9.17) is 14.5 Å². The molecule has 0 unspecified atom stereocenters. The average Bonchev–Trinajstić information content (AvgIpc) is 3.61. The number of aliphatic hydroxyl groups is 1. The van der Waals surface area contributed by atoms with Gasteiger partial charge in [0.1, 0.15) is 23.7 Å². The van der Waals surface area contributed by atoms with Crippen molar-refractivity contribution in [3.05, 3.63) is 60.0 Å². The lowest BCUT2D eigenvalue weighted by atomic mass is 9.78. The number of hydrogen-bond donors (Lipinski definition) is 1. The van der Waals surface area contributed by atoms with Crippen LogP contribution in [-0.4, -0.2) is 76.2 Å². The van der Waals surface area contributed by atoms with Crippen LogP contribution in [0.3, 0.4) is 0 Å². The largest absolute Gasteiger partial charge is 0.495 e. The molecule has 49 heavy (non-hydrogen) atoms. The van der Waals surface area contributed by atoms with E-state index >= 15 is 0 Å². The van der Waals surface area contributed by atoms with Crippen molar-refractivity contribution in [3.8, 4) is 22.9 Å². The van der Waals surface area contributed by atoms with Gasteiger partial charge in [0.05, 0.1) is 18.9 Å². The van der Waals surface area contributed by atoms with Crippen molar-refractivity contribution in [1.82, 2.24) is 19.7 Å². The summed E-state index contributed by atoms with van der Waals surface area (Å²) in [7, 11) is 1.58. The fourth-order valence-corrected chi connectivity index (χ4v) is 7.51. The average molecular weight is 669 g/mol. The standard InChI is InChI=1S/C38H48N6O5/c1-25(2)44-23-33(19-41-44)31-14-15-40-36(17-31)43(22-26-4-6-28(7-5-26)30-10-13-35(48-3)32(16-30)18-39)37(46)29-8-11-34(12-9-29)49-38(47)42-20-27(21-42)24-45/h10,13-17,19,23,25-29,34,45H,4-9,11-12,20-22,24H2,1-3H3/t26-,28-,29-,34-. The fraction of sp³-hybridized carbons (Fsp3) is 0.553. The Bertz CT molecular complexity index is 1640. The summed E-state index contributed by atoms with van der Waals surface area (Å²) in [6.07, 6.45) is 11.6. The lowest BCUT2D eigenvalue weighted by Crippen LogP contribution is -2.52. The van der Waals surface area contributed by atoms with Crippen LogP contribution in [0.1, 0.15) is 88.3 Å². The SMILES string of the molecule is COc1ccc([C@H]2CC[C@H](CN(c3cc(-c4cnn(C(C)C)c4)ccn3)C(=O)[C@H]3CC[C@H](OC(=O)N4CC(CO)C4)CC3)CC2)cc1C#N. The van der Waals surface area contributed by atoms with Gasteiger partial charge in [-0.1, -0.05) is 6.07 Å². The number of anilines is 1. The molecule has 2 amide bonds. The van der Waals surface area contributed by atoms with E-state index in [1.165, 1.54) is 5.56 Å². The maximum absolute atomic E-state index is 14.4. The second-order valence-corrected chi connectivity index (χ2v) is 14.3. The van der Waals surface area contributed by atoms with Gasteiger partial charge >= 0.3 is 6.09 Å². The first-order chi connectivity index (χ1) is 23.8. The molecule has 1 aliphatic heterocycles. The van der Waals surface area contributed by atoms with E-state index in [1.54, 1.807) is 18.2 Å². The normalized spacial score (nSPS) is 22.7. The molecule has 0 atom stereocenters. The zero-order valence-corrected chi connectivity index (χ0v) is 28.8. The zero-order valence-electron chi connectivity index (χ0n) is 28.8. The van der Waals surface area contributed by atoms with Crippen molar-refractivity contribution in [3.63, 3.8) is 0 Å². The van der Waals surface area contributed by atoms with E-state index in [1.807, 2.05) is 46.2 Å². The molecule has 3 fully saturated rings. The predicted molar refractivity (Wildman–Crippen MR) is 185 cm³/mol. The smallest absolute Gasteiger partial charge is 0.410 e. The molecule has 3 aliphatic rings. The first kappa shape index (κ1) is 34.4. The molecule has 0 spiro atoms. The van der Waals surface area contributed by atoms with E-state index in [2.05, 4.69) is 31.1 Å². The van der Waals surface area contributed by atoms with Crippen molar-refractivity contribution in [1.29, 1.82) is 5.26 Å². The number of nitrogens with zero attached hydrogens (tertiary/aromatic N) is 6. The number of aromatic nitrogens is 3. The lowest BCUT2D eigenvalue weighted by Gasteiger charge is -2.39. The maximum Gasteiger partial charge on any atom is 0.410 e. The summed E-state index contributed by atoms with van der Waals surface area (Å²) in [5, 5.41) is 23.4. The molecule has 1 N–H and O–H groups in total. The van der Waals surface area contributed by atoms with Crippen LogP contribution in [0.25, 0.3) is 11.1 Å². The van der Waals surface area contributed by atoms with Crippen molar-refractivity contribution in [2.75, 3.05) is 38.3 Å². The van der Waals surface area contributed by atoms with Crippen LogP contribution in [0, 0.1) is 29.1 Å². The number of benzene rings is 1. The molecule has 260 valence electrons. The molecule has 1 saturated heterocycles. The maximum atomic E-state index is 14.4. The third kappa shape index (κ3) is 7.91. The highest BCUT2D eigenvalue weighted by atomic mass is 16.6. The Labute approximate surface area is 288 Å². The van der Waals surface area contributed by atoms with Crippen LogP contribution in [0.5, 0.6) is 5.75 Å². The summed E-state index contributed by atoms with van der Waals surface area (Å²) in [6.45, 7) is 5.93. The Morgan fingerprint density at radius 3 is 2.43 bits per heavy atom. The molecular formula is C38H48N6O5. The number of carbonyl (C=O) groups is 2. The number of carbonyl (C=O) groups excluding carboxylic acids is 2. The van der Waals surface area contributed by atoms with Gasteiger partial charge in [0, 0.05) is 62.1 Å². The number of aliphatic hydroxyl groups excluding tert-OH is 1. The fourth-order valence-electron chi connectivity index (χ4n) is 7.51. The summed E-state index contributed by atoms with van der Waals surface area (Å²) in [5.41, 5.74) is 3.68. The molecule has 2 saturated carbocycles. The second-order valence-electron chi connectivity index (χ2n) is 14.3. The molecule has 1 aromatic carbocycles. The summed E-state index contributed by atoms with van der Waals surface area (Å²) in [5.74, 6) is 1.98. The summed E-state index contributed by atoms with van der Waals surface area (Å²) >= 11 is 0. The minimum absolute atomic E-state index is 0.0803. The summed E-state index contributed by atoms with van der Waals surface area (Å²) < 4.78 is 13.1. The monoisotopic (exact) mass is 668 g/mol. The summed E-state index contributed by atoms with van der Waals surface area (Å²) in [6, 6.07) is 12.4. The first-order valence-corrected chi connectivity index (χ1v) is 17.7. The van der Waals surface area contributed by atoms with Crippen molar-refractivity contribution >= 4 is 17.8 Å². The van der Waals surface area contributed by atoms with Crippen LogP contribution in [0.15, 0.2) is 48.9 Å². The number of nitriles is 1. The van der Waals surface area contributed by atoms with Crippen molar-refractivity contribution in [2.45, 2.75) is 83.3 Å². The Morgan fingerprint density at radius 1 is 1.02 bits per heavy atom. The molecular weight excluding hydrogens is 620 g/mol. The molecule has 3 heterocycles. The molecule has 6 rings (SSSR count). The van der Waals surface area contributed by atoms with Crippen LogP contribution in [0.2, 0.25) is 0 Å². The number of rotatable bonds is 10. The van der Waals surface area contributed by atoms with E-state index in [0.717, 1.165) is 36.8 Å². The lowest BCUT2D eigenvalue weighted by molar-refractivity contribution is -0.124. The Kier molecular flexibility index (Phi) is 10.8. The minimum Gasteiger partial charge on any atom is -0.495 e. The van der Waals surface area contributed by atoms with Gasteiger partial charge in [0.25, 0.3) is 0 Å². The van der Waals surface area contributed by atoms with E-state index < -0.39 is 0 Å². The van der Waals surface area contributed by atoms with Crippen LogP contribution in [0.4, 0.5) is 10.6 Å². The van der Waals surface area contributed by atoms with Crippen LogP contribution in [-0.2, 0) is 9.53 Å². The van der Waals surface area contributed by atoms with Gasteiger partial charge in [0.2, 0.25) is 5.91 Å². The number of amides is 2. The van der Waals surface area contributed by atoms with E-state index in [0.29, 0.717) is 74.3 Å². The van der Waals surface area contributed by atoms with Crippen LogP contribution < -0.4 is 9.64 Å². The van der Waals surface area contributed by atoms with Gasteiger partial charge < -0.3 is 19.5 Å². The van der Waals surface area contributed by atoms with Crippen molar-refractivity contribution in [2.24, 2.45) is 17.8 Å². The first-order valence-electron chi connectivity index (χ1n) is 17.7. The number of ether oxygens (including phenoxy) is 2. The molecule has 3 aromatic rings. The highest BCUT2D eigenvalue weighted by Crippen LogP contribution is 2.39. The van der Waals surface area contributed by atoms with Gasteiger partial charge in [-0.05, 0) is 112 Å². The second kappa shape index (κ2) is 15.4. The molecule has 2 aromatic heterocycles. The summed E-state index contributed by atoms with van der Waals surface area (Å²) in [4.78, 5) is 35.2. The van der Waals surface area contributed by atoms with Gasteiger partial charge in [-0.3, -0.25) is 14.4 Å². The Morgan fingerprint density at radius 2 is 1.78 bits per heavy atom. The Balaban J connectivity index is 1.14. The van der Waals surface area contributed by atoms with Gasteiger partial charge in [-0.15, -0.1) is 0 Å². The third-order valence-corrected chi connectivity index (χ3v) is 10.6. The van der Waals surface area contributed by atoms with E-state index in [9.17, 15) is 20.0 Å². The van der Waals surface area contributed by atoms with Gasteiger partial charge in [0.15, 0.2) is 0 Å². The quantitative estimate of drug-likeness (QED) is 0.265. The van der Waals surface area contributed by atoms with Crippen molar-refractivity contribution < 1.29 is 24.2 Å². The highest BCUT2D eigenvalue weighted by molar-refractivity contribution is 5.94. The zero-order chi connectivity index (χ0) is 34.5. The molecule has 11 nitrogen and oxygen atoms in total. The topological polar surface area (TPSA) is 134 Å². The minimum atomic E-state index is -0.322. The number of hydrogen-bond acceptors (Lipinski definition) is 8. The predicted octanol–water partition coefficient (Wildman–Crippen LogP) is 6.33.